The van der Waals surface area contributed by atoms with Crippen molar-refractivity contribution in [1.82, 2.24) is 4.90 Å². The van der Waals surface area contributed by atoms with Crippen molar-refractivity contribution in [2.75, 3.05) is 32.8 Å². The van der Waals surface area contributed by atoms with E-state index in [1.807, 2.05) is 0 Å². The van der Waals surface area contributed by atoms with Crippen LogP contribution in [0, 0.1) is 5.92 Å². The second kappa shape index (κ2) is 12.3. The van der Waals surface area contributed by atoms with Gasteiger partial charge in [-0.3, -0.25) is 0 Å². The molecule has 1 aliphatic rings. The van der Waals surface area contributed by atoms with Gasteiger partial charge in [0.25, 0.3) is 0 Å². The lowest BCUT2D eigenvalue weighted by molar-refractivity contribution is -0.159. The van der Waals surface area contributed by atoms with Crippen LogP contribution in [-0.4, -0.2) is 65.0 Å². The van der Waals surface area contributed by atoms with Crippen molar-refractivity contribution in [3.8, 4) is 5.75 Å². The molecular weight excluding hydrogens is 395 g/mol. The third kappa shape index (κ3) is 10.1. The Morgan fingerprint density at radius 3 is 2.45 bits per heavy atom. The predicted molar refractivity (Wildman–Crippen MR) is 97.7 cm³/mol. The van der Waals surface area contributed by atoms with E-state index in [2.05, 4.69) is 4.90 Å². The van der Waals surface area contributed by atoms with Gasteiger partial charge in [-0.25, -0.2) is 9.59 Å². The fourth-order valence-corrected chi connectivity index (χ4v) is 2.89. The Morgan fingerprint density at radius 1 is 1.17 bits per heavy atom. The van der Waals surface area contributed by atoms with Gasteiger partial charge in [-0.15, -0.1) is 0 Å². The summed E-state index contributed by atoms with van der Waals surface area (Å²) in [6.45, 7) is 3.60. The van der Waals surface area contributed by atoms with E-state index in [4.69, 9.17) is 24.5 Å². The number of aliphatic hydroxyl groups excluding tert-OH is 1. The predicted octanol–water partition coefficient (Wildman–Crippen LogP) is 2.72. The van der Waals surface area contributed by atoms with Crippen molar-refractivity contribution in [3.05, 3.63) is 29.8 Å². The highest BCUT2D eigenvalue weighted by Crippen LogP contribution is 2.31. The average molecular weight is 421 g/mol. The zero-order valence-corrected chi connectivity index (χ0v) is 15.9. The Balaban J connectivity index is 0.000000612. The Hall–Kier alpha value is -2.33. The van der Waals surface area contributed by atoms with Gasteiger partial charge >= 0.3 is 18.1 Å². The molecule has 10 heteroatoms. The van der Waals surface area contributed by atoms with Gasteiger partial charge in [-0.2, -0.15) is 13.2 Å². The average Bonchev–Trinajstić information content (AvgIpc) is 2.68. The number of aliphatic carboxylic acids is 2. The first-order chi connectivity index (χ1) is 13.6. The molecule has 2 rings (SSSR count). The van der Waals surface area contributed by atoms with Crippen LogP contribution in [0.1, 0.15) is 31.2 Å². The number of rotatable bonds is 7. The van der Waals surface area contributed by atoms with E-state index < -0.39 is 23.7 Å². The molecule has 1 aromatic carbocycles. The van der Waals surface area contributed by atoms with Gasteiger partial charge in [0.05, 0.1) is 12.2 Å². The van der Waals surface area contributed by atoms with Crippen LogP contribution < -0.4 is 4.74 Å². The van der Waals surface area contributed by atoms with Gasteiger partial charge in [-0.05, 0) is 62.9 Å². The maximum atomic E-state index is 12.6. The highest BCUT2D eigenvalue weighted by atomic mass is 19.4. The summed E-state index contributed by atoms with van der Waals surface area (Å²) in [5.41, 5.74) is -0.682. The van der Waals surface area contributed by atoms with Crippen LogP contribution in [0.15, 0.2) is 24.3 Å². The van der Waals surface area contributed by atoms with Crippen LogP contribution in [0.25, 0.3) is 0 Å². The van der Waals surface area contributed by atoms with Gasteiger partial charge < -0.3 is 25.0 Å². The second-order valence-corrected chi connectivity index (χ2v) is 6.68. The van der Waals surface area contributed by atoms with Crippen LogP contribution in [-0.2, 0) is 15.8 Å². The van der Waals surface area contributed by atoms with Crippen LogP contribution in [0.3, 0.4) is 0 Å². The SMILES string of the molecule is O=C(O)C(=O)O.OCC1CCCN(CCCCOc2cccc(C(F)(F)F)c2)C1. The summed E-state index contributed by atoms with van der Waals surface area (Å²) in [7, 11) is 0. The third-order valence-electron chi connectivity index (χ3n) is 4.34. The number of aliphatic hydroxyl groups is 1. The molecule has 1 aromatic rings. The molecule has 0 saturated carbocycles. The molecule has 0 bridgehead atoms. The Labute approximate surface area is 166 Å². The summed E-state index contributed by atoms with van der Waals surface area (Å²) < 4.78 is 43.2. The maximum absolute atomic E-state index is 12.6. The number of hydrogen-bond acceptors (Lipinski definition) is 5. The number of carboxylic acids is 2. The highest BCUT2D eigenvalue weighted by Gasteiger charge is 2.30. The first-order valence-corrected chi connectivity index (χ1v) is 9.23. The molecular formula is C19H26F3NO6. The van der Waals surface area contributed by atoms with Crippen LogP contribution in [0.5, 0.6) is 5.75 Å². The van der Waals surface area contributed by atoms with Crippen molar-refractivity contribution in [2.45, 2.75) is 31.9 Å². The van der Waals surface area contributed by atoms with E-state index in [1.54, 1.807) is 6.07 Å². The number of halogens is 3. The smallest absolute Gasteiger partial charge is 0.416 e. The number of carbonyl (C=O) groups is 2. The molecule has 0 aromatic heterocycles. The molecule has 3 N–H and O–H groups in total. The van der Waals surface area contributed by atoms with Gasteiger partial charge in [0.2, 0.25) is 0 Å². The minimum absolute atomic E-state index is 0.245. The number of carboxylic acid groups (broad SMARTS) is 2. The molecule has 1 heterocycles. The van der Waals surface area contributed by atoms with Crippen LogP contribution in [0.4, 0.5) is 13.2 Å². The number of ether oxygens (including phenoxy) is 1. The fourth-order valence-electron chi connectivity index (χ4n) is 2.89. The van der Waals surface area contributed by atoms with Crippen molar-refractivity contribution in [1.29, 1.82) is 0 Å². The summed E-state index contributed by atoms with van der Waals surface area (Å²) in [5, 5.41) is 24.0. The molecule has 1 aliphatic heterocycles. The molecule has 0 amide bonds. The quantitative estimate of drug-likeness (QED) is 0.459. The minimum atomic E-state index is -4.34. The molecule has 164 valence electrons. The van der Waals surface area contributed by atoms with Crippen molar-refractivity contribution >= 4 is 11.9 Å². The molecule has 0 spiro atoms. The molecule has 29 heavy (non-hydrogen) atoms. The monoisotopic (exact) mass is 421 g/mol. The standard InChI is InChI=1S/C17H24F3NO2.C2H2O4/c18-17(19,20)15-6-3-7-16(11-15)23-10-2-1-8-21-9-4-5-14(12-21)13-22;3-1(4)2(5)6/h3,6-7,11,14,22H,1-2,4-5,8-10,12-13H2;(H,3,4)(H,5,6). The molecule has 1 saturated heterocycles. The molecule has 1 fully saturated rings. The van der Waals surface area contributed by atoms with Crippen molar-refractivity contribution in [3.63, 3.8) is 0 Å². The summed E-state index contributed by atoms with van der Waals surface area (Å²) in [4.78, 5) is 20.5. The summed E-state index contributed by atoms with van der Waals surface area (Å²) in [5.74, 6) is -3.01. The van der Waals surface area contributed by atoms with Crippen LogP contribution >= 0.6 is 0 Å². The van der Waals surface area contributed by atoms with Gasteiger partial charge in [0.15, 0.2) is 0 Å². The first-order valence-electron chi connectivity index (χ1n) is 9.23. The number of piperidine rings is 1. The topological polar surface area (TPSA) is 107 Å². The van der Waals surface area contributed by atoms with E-state index in [-0.39, 0.29) is 12.4 Å². The minimum Gasteiger partial charge on any atom is -0.494 e. The zero-order valence-electron chi connectivity index (χ0n) is 15.9. The Bertz CT molecular complexity index is 641. The first kappa shape index (κ1) is 24.7. The van der Waals surface area contributed by atoms with E-state index in [0.29, 0.717) is 12.5 Å². The normalized spacial score (nSPS) is 17.2. The number of nitrogens with zero attached hydrogens (tertiary/aromatic N) is 1. The number of alkyl halides is 3. The molecule has 0 radical (unpaired) electrons. The third-order valence-corrected chi connectivity index (χ3v) is 4.34. The van der Waals surface area contributed by atoms with Gasteiger partial charge in [0.1, 0.15) is 5.75 Å². The summed E-state index contributed by atoms with van der Waals surface area (Å²) in [6, 6.07) is 4.99. The van der Waals surface area contributed by atoms with Crippen molar-refractivity contribution < 1.29 is 42.8 Å². The molecule has 1 unspecified atom stereocenters. The highest BCUT2D eigenvalue weighted by molar-refractivity contribution is 6.27. The lowest BCUT2D eigenvalue weighted by Gasteiger charge is -2.31. The van der Waals surface area contributed by atoms with E-state index >= 15 is 0 Å². The van der Waals surface area contributed by atoms with Gasteiger partial charge in [-0.1, -0.05) is 6.07 Å². The second-order valence-electron chi connectivity index (χ2n) is 6.68. The Kier molecular flexibility index (Phi) is 10.5. The van der Waals surface area contributed by atoms with E-state index in [9.17, 15) is 18.3 Å². The lowest BCUT2D eigenvalue weighted by atomic mass is 9.99. The fraction of sp³-hybridized carbons (Fsp3) is 0.579. The number of hydrogen-bond donors (Lipinski definition) is 3. The van der Waals surface area contributed by atoms with Crippen LogP contribution in [0.2, 0.25) is 0 Å². The number of likely N-dealkylation sites (tertiary alicyclic amines) is 1. The zero-order chi connectivity index (χ0) is 21.9. The lowest BCUT2D eigenvalue weighted by Crippen LogP contribution is -2.37. The molecule has 7 nitrogen and oxygen atoms in total. The Morgan fingerprint density at radius 2 is 1.86 bits per heavy atom. The summed E-state index contributed by atoms with van der Waals surface area (Å²) >= 11 is 0. The summed E-state index contributed by atoms with van der Waals surface area (Å²) in [6.07, 6.45) is -0.387. The number of benzene rings is 1. The number of unbranched alkanes of at least 4 members (excludes halogenated alkanes) is 1. The van der Waals surface area contributed by atoms with E-state index in [0.717, 1.165) is 57.5 Å². The van der Waals surface area contributed by atoms with Crippen molar-refractivity contribution in [2.24, 2.45) is 5.92 Å². The molecule has 1 atom stereocenters. The maximum Gasteiger partial charge on any atom is 0.416 e. The molecule has 0 aliphatic carbocycles. The van der Waals surface area contributed by atoms with Gasteiger partial charge in [0, 0.05) is 13.2 Å². The largest absolute Gasteiger partial charge is 0.494 e. The van der Waals surface area contributed by atoms with E-state index in [1.165, 1.54) is 6.07 Å².